The van der Waals surface area contributed by atoms with Crippen LogP contribution in [-0.4, -0.2) is 43.7 Å². The van der Waals surface area contributed by atoms with Crippen LogP contribution in [0.25, 0.3) is 11.3 Å². The molecular formula is C28H27N5O3. The van der Waals surface area contributed by atoms with Crippen molar-refractivity contribution >= 4 is 5.91 Å². The van der Waals surface area contributed by atoms with Gasteiger partial charge in [-0.2, -0.15) is 0 Å². The van der Waals surface area contributed by atoms with Crippen molar-refractivity contribution in [3.05, 3.63) is 95.2 Å². The molecule has 8 heteroatoms. The number of primary amides is 1. The highest BCUT2D eigenvalue weighted by Crippen LogP contribution is 2.22. The zero-order valence-corrected chi connectivity index (χ0v) is 20.0. The van der Waals surface area contributed by atoms with E-state index < -0.39 is 6.10 Å². The summed E-state index contributed by atoms with van der Waals surface area (Å²) in [5.74, 6) is 7.43. The molecule has 2 aromatic heterocycles. The van der Waals surface area contributed by atoms with Gasteiger partial charge in [-0.25, -0.2) is 4.98 Å². The summed E-state index contributed by atoms with van der Waals surface area (Å²) in [6.45, 7) is 4.43. The van der Waals surface area contributed by atoms with Crippen molar-refractivity contribution in [2.24, 2.45) is 11.7 Å². The second kappa shape index (κ2) is 10.2. The van der Waals surface area contributed by atoms with E-state index in [0.717, 1.165) is 42.0 Å². The van der Waals surface area contributed by atoms with Crippen LogP contribution in [0.5, 0.6) is 0 Å². The van der Waals surface area contributed by atoms with Gasteiger partial charge in [0.1, 0.15) is 17.6 Å². The molecule has 1 aliphatic rings. The summed E-state index contributed by atoms with van der Waals surface area (Å²) in [4.78, 5) is 17.5. The number of carbonyl (C=O) groups excluding carboxylic acids is 1. The van der Waals surface area contributed by atoms with Crippen LogP contribution in [0, 0.1) is 17.8 Å². The minimum absolute atomic E-state index is 0.0149. The van der Waals surface area contributed by atoms with Gasteiger partial charge in [0, 0.05) is 54.8 Å². The van der Waals surface area contributed by atoms with E-state index in [0.29, 0.717) is 18.1 Å². The quantitative estimate of drug-likeness (QED) is 0.393. The lowest BCUT2D eigenvalue weighted by atomic mass is 9.98. The Hall–Kier alpha value is -4.19. The molecule has 5 rings (SSSR count). The van der Waals surface area contributed by atoms with Crippen molar-refractivity contribution in [2.75, 3.05) is 13.1 Å². The van der Waals surface area contributed by atoms with Gasteiger partial charge in [-0.1, -0.05) is 29.1 Å². The molecule has 0 unspecified atom stereocenters. The number of aliphatic hydroxyl groups excluding tert-OH is 1. The van der Waals surface area contributed by atoms with Crippen LogP contribution in [0.3, 0.4) is 0 Å². The van der Waals surface area contributed by atoms with E-state index in [4.69, 9.17) is 10.3 Å². The van der Waals surface area contributed by atoms with Crippen LogP contribution in [-0.2, 0) is 17.9 Å². The first-order valence-corrected chi connectivity index (χ1v) is 11.8. The topological polar surface area (TPSA) is 110 Å². The Labute approximate surface area is 209 Å². The molecule has 4 aromatic rings. The predicted molar refractivity (Wildman–Crippen MR) is 134 cm³/mol. The molecule has 1 saturated heterocycles. The lowest BCUT2D eigenvalue weighted by molar-refractivity contribution is -0.127. The van der Waals surface area contributed by atoms with Gasteiger partial charge in [0.2, 0.25) is 5.91 Å². The molecule has 0 saturated carbocycles. The summed E-state index contributed by atoms with van der Waals surface area (Å²) >= 11 is 0. The van der Waals surface area contributed by atoms with Crippen LogP contribution in [0.4, 0.5) is 0 Å². The molecule has 3 heterocycles. The van der Waals surface area contributed by atoms with Gasteiger partial charge >= 0.3 is 0 Å². The zero-order chi connectivity index (χ0) is 25.1. The summed E-state index contributed by atoms with van der Waals surface area (Å²) in [5.41, 5.74) is 10.0. The zero-order valence-electron chi connectivity index (χ0n) is 20.0. The number of hydrogen-bond donors (Lipinski definition) is 2. The molecule has 0 radical (unpaired) electrons. The number of amides is 1. The van der Waals surface area contributed by atoms with E-state index in [1.165, 1.54) is 5.56 Å². The van der Waals surface area contributed by atoms with Gasteiger partial charge in [-0.05, 0) is 48.9 Å². The predicted octanol–water partition coefficient (Wildman–Crippen LogP) is 2.96. The fourth-order valence-corrected chi connectivity index (χ4v) is 4.21. The fraction of sp³-hybridized carbons (Fsp3) is 0.250. The first-order valence-electron chi connectivity index (χ1n) is 11.8. The van der Waals surface area contributed by atoms with Crippen molar-refractivity contribution in [1.82, 2.24) is 19.6 Å². The monoisotopic (exact) mass is 481 g/mol. The van der Waals surface area contributed by atoms with Gasteiger partial charge in [-0.15, -0.1) is 0 Å². The number of imidazole rings is 1. The first kappa shape index (κ1) is 23.5. The standard InChI is InChI=1S/C28H27N5O3/c1-19(34)28-30-12-13-33(28)18-25-14-26(36-31-25)23-10-8-21(9-11-23)3-2-20-4-6-22(7-5-20)15-32-16-24(17-32)27(29)35/h4-14,19,24,34H,15-18H2,1H3,(H2,29,35)/t19-/m0/s1. The Kier molecular flexibility index (Phi) is 6.67. The highest BCUT2D eigenvalue weighted by Gasteiger charge is 2.30. The van der Waals surface area contributed by atoms with Gasteiger partial charge < -0.3 is 19.9 Å². The molecule has 0 aliphatic carbocycles. The molecule has 36 heavy (non-hydrogen) atoms. The van der Waals surface area contributed by atoms with E-state index in [1.54, 1.807) is 13.1 Å². The molecule has 182 valence electrons. The van der Waals surface area contributed by atoms with Crippen molar-refractivity contribution in [3.8, 4) is 23.2 Å². The van der Waals surface area contributed by atoms with E-state index >= 15 is 0 Å². The third kappa shape index (κ3) is 5.38. The SMILES string of the molecule is C[C@H](O)c1nccn1Cc1cc(-c2ccc(C#Cc3ccc(CN4CC(C(N)=O)C4)cc3)cc2)on1. The highest BCUT2D eigenvalue weighted by atomic mass is 16.5. The van der Waals surface area contributed by atoms with Crippen LogP contribution in [0.15, 0.2) is 71.5 Å². The molecule has 3 N–H and O–H groups in total. The average molecular weight is 482 g/mol. The molecular weight excluding hydrogens is 454 g/mol. The highest BCUT2D eigenvalue weighted by molar-refractivity contribution is 5.78. The number of benzene rings is 2. The fourth-order valence-electron chi connectivity index (χ4n) is 4.21. The van der Waals surface area contributed by atoms with Crippen molar-refractivity contribution in [1.29, 1.82) is 0 Å². The van der Waals surface area contributed by atoms with Crippen LogP contribution in [0.1, 0.15) is 41.2 Å². The number of nitrogens with zero attached hydrogens (tertiary/aromatic N) is 4. The third-order valence-electron chi connectivity index (χ3n) is 6.25. The lowest BCUT2D eigenvalue weighted by Crippen LogP contribution is -2.51. The molecule has 0 bridgehead atoms. The Balaban J connectivity index is 1.18. The van der Waals surface area contributed by atoms with E-state index in [2.05, 4.69) is 39.0 Å². The van der Waals surface area contributed by atoms with Crippen molar-refractivity contribution in [2.45, 2.75) is 26.1 Å². The smallest absolute Gasteiger partial charge is 0.223 e. The Morgan fingerprint density at radius 3 is 2.42 bits per heavy atom. The maximum Gasteiger partial charge on any atom is 0.223 e. The number of nitrogens with two attached hydrogens (primary N) is 1. The van der Waals surface area contributed by atoms with Gasteiger partial charge in [-0.3, -0.25) is 9.69 Å². The largest absolute Gasteiger partial charge is 0.385 e. The maximum absolute atomic E-state index is 11.1. The van der Waals surface area contributed by atoms with Gasteiger partial charge in [0.15, 0.2) is 5.76 Å². The van der Waals surface area contributed by atoms with Crippen LogP contribution >= 0.6 is 0 Å². The molecule has 1 fully saturated rings. The number of aromatic nitrogens is 3. The second-order valence-corrected chi connectivity index (χ2v) is 9.09. The van der Waals surface area contributed by atoms with E-state index in [-0.39, 0.29) is 11.8 Å². The minimum atomic E-state index is -0.652. The number of aliphatic hydroxyl groups is 1. The van der Waals surface area contributed by atoms with Gasteiger partial charge in [0.05, 0.1) is 12.5 Å². The van der Waals surface area contributed by atoms with Crippen molar-refractivity contribution in [3.63, 3.8) is 0 Å². The van der Waals surface area contributed by atoms with Crippen LogP contribution in [0.2, 0.25) is 0 Å². The number of hydrogen-bond acceptors (Lipinski definition) is 6. The first-order chi connectivity index (χ1) is 17.4. The lowest BCUT2D eigenvalue weighted by Gasteiger charge is -2.37. The number of carbonyl (C=O) groups is 1. The summed E-state index contributed by atoms with van der Waals surface area (Å²) in [7, 11) is 0. The molecule has 1 amide bonds. The average Bonchev–Trinajstić information content (AvgIpc) is 3.51. The molecule has 2 aromatic carbocycles. The molecule has 8 nitrogen and oxygen atoms in total. The third-order valence-corrected chi connectivity index (χ3v) is 6.25. The minimum Gasteiger partial charge on any atom is -0.385 e. The number of rotatable bonds is 7. The summed E-state index contributed by atoms with van der Waals surface area (Å²) in [6.07, 6.45) is 2.82. The number of likely N-dealkylation sites (tertiary alicyclic amines) is 1. The molecule has 1 atom stereocenters. The Morgan fingerprint density at radius 1 is 1.11 bits per heavy atom. The molecule has 1 aliphatic heterocycles. The summed E-state index contributed by atoms with van der Waals surface area (Å²) in [6, 6.07) is 17.9. The molecule has 0 spiro atoms. The van der Waals surface area contributed by atoms with E-state index in [1.807, 2.05) is 53.2 Å². The van der Waals surface area contributed by atoms with Crippen LogP contribution < -0.4 is 5.73 Å². The normalized spacial score (nSPS) is 14.6. The summed E-state index contributed by atoms with van der Waals surface area (Å²) in [5, 5.41) is 14.0. The summed E-state index contributed by atoms with van der Waals surface area (Å²) < 4.78 is 7.38. The van der Waals surface area contributed by atoms with E-state index in [9.17, 15) is 9.90 Å². The Morgan fingerprint density at radius 2 is 1.78 bits per heavy atom. The maximum atomic E-state index is 11.1. The van der Waals surface area contributed by atoms with Crippen molar-refractivity contribution < 1.29 is 14.4 Å². The van der Waals surface area contributed by atoms with Gasteiger partial charge in [0.25, 0.3) is 0 Å². The second-order valence-electron chi connectivity index (χ2n) is 9.09. The Bertz CT molecular complexity index is 1400.